The van der Waals surface area contributed by atoms with Crippen LogP contribution in [0.25, 0.3) is 0 Å². The minimum absolute atomic E-state index is 0.253. The van der Waals surface area contributed by atoms with E-state index >= 15 is 0 Å². The van der Waals surface area contributed by atoms with E-state index in [9.17, 15) is 0 Å². The van der Waals surface area contributed by atoms with Crippen molar-refractivity contribution in [3.05, 3.63) is 34.9 Å². The molecular formula is C19H33N3O. The van der Waals surface area contributed by atoms with Crippen LogP contribution in [0.15, 0.2) is 23.2 Å². The van der Waals surface area contributed by atoms with Gasteiger partial charge >= 0.3 is 0 Å². The van der Waals surface area contributed by atoms with E-state index in [1.165, 1.54) is 16.7 Å². The molecule has 0 aliphatic heterocycles. The molecule has 130 valence electrons. The zero-order valence-electron chi connectivity index (χ0n) is 15.2. The molecule has 0 saturated carbocycles. The molecule has 1 unspecified atom stereocenters. The predicted octanol–water partition coefficient (Wildman–Crippen LogP) is 3.16. The van der Waals surface area contributed by atoms with Crippen LogP contribution >= 0.6 is 0 Å². The van der Waals surface area contributed by atoms with E-state index in [2.05, 4.69) is 56.5 Å². The topological polar surface area (TPSA) is 56.6 Å². The van der Waals surface area contributed by atoms with Gasteiger partial charge in [-0.2, -0.15) is 0 Å². The van der Waals surface area contributed by atoms with Crippen LogP contribution in [0.5, 0.6) is 0 Å². The van der Waals surface area contributed by atoms with Crippen molar-refractivity contribution in [3.8, 4) is 0 Å². The Morgan fingerprint density at radius 3 is 2.57 bits per heavy atom. The summed E-state index contributed by atoms with van der Waals surface area (Å²) in [7, 11) is 0. The number of aliphatic hydroxyl groups is 1. The summed E-state index contributed by atoms with van der Waals surface area (Å²) in [6.07, 6.45) is 3.12. The highest BCUT2D eigenvalue weighted by Gasteiger charge is 2.08. The molecule has 0 spiro atoms. The molecule has 4 nitrogen and oxygen atoms in total. The first-order valence-corrected chi connectivity index (χ1v) is 8.79. The number of benzene rings is 1. The SMILES string of the molecule is CCCC(CCO)CNC(=NCc1ccc(C)cc1C)NCC. The van der Waals surface area contributed by atoms with Gasteiger partial charge in [-0.25, -0.2) is 4.99 Å². The molecule has 3 N–H and O–H groups in total. The number of aliphatic imine (C=N–C) groups is 1. The van der Waals surface area contributed by atoms with Crippen molar-refractivity contribution in [1.82, 2.24) is 10.6 Å². The second-order valence-corrected chi connectivity index (χ2v) is 6.17. The quantitative estimate of drug-likeness (QED) is 0.484. The van der Waals surface area contributed by atoms with Gasteiger partial charge in [-0.05, 0) is 50.7 Å². The molecule has 23 heavy (non-hydrogen) atoms. The summed E-state index contributed by atoms with van der Waals surface area (Å²) >= 11 is 0. The predicted molar refractivity (Wildman–Crippen MR) is 98.8 cm³/mol. The van der Waals surface area contributed by atoms with Crippen molar-refractivity contribution in [2.75, 3.05) is 19.7 Å². The highest BCUT2D eigenvalue weighted by Crippen LogP contribution is 2.12. The zero-order chi connectivity index (χ0) is 17.1. The van der Waals surface area contributed by atoms with Crippen LogP contribution in [-0.2, 0) is 6.54 Å². The number of guanidine groups is 1. The average molecular weight is 319 g/mol. The van der Waals surface area contributed by atoms with Gasteiger partial charge in [-0.15, -0.1) is 0 Å². The van der Waals surface area contributed by atoms with E-state index in [-0.39, 0.29) is 6.61 Å². The molecule has 4 heteroatoms. The summed E-state index contributed by atoms with van der Waals surface area (Å²) in [4.78, 5) is 4.70. The van der Waals surface area contributed by atoms with Crippen LogP contribution in [-0.4, -0.2) is 30.8 Å². The molecule has 0 bridgehead atoms. The van der Waals surface area contributed by atoms with Crippen molar-refractivity contribution in [2.45, 2.75) is 53.5 Å². The molecule has 0 aromatic heterocycles. The molecular weight excluding hydrogens is 286 g/mol. The molecule has 0 aliphatic rings. The van der Waals surface area contributed by atoms with Crippen LogP contribution in [0.3, 0.4) is 0 Å². The third kappa shape index (κ3) is 7.51. The van der Waals surface area contributed by atoms with Gasteiger partial charge in [-0.1, -0.05) is 37.1 Å². The Balaban J connectivity index is 2.65. The molecule has 0 fully saturated rings. The van der Waals surface area contributed by atoms with Crippen molar-refractivity contribution in [3.63, 3.8) is 0 Å². The molecule has 1 aromatic rings. The summed E-state index contributed by atoms with van der Waals surface area (Å²) < 4.78 is 0. The van der Waals surface area contributed by atoms with Crippen molar-refractivity contribution in [1.29, 1.82) is 0 Å². The Morgan fingerprint density at radius 1 is 1.17 bits per heavy atom. The maximum absolute atomic E-state index is 9.16. The smallest absolute Gasteiger partial charge is 0.191 e. The minimum atomic E-state index is 0.253. The highest BCUT2D eigenvalue weighted by atomic mass is 16.3. The normalized spacial score (nSPS) is 13.0. The molecule has 1 atom stereocenters. The third-order valence-electron chi connectivity index (χ3n) is 4.04. The number of nitrogens with zero attached hydrogens (tertiary/aromatic N) is 1. The number of hydrogen-bond acceptors (Lipinski definition) is 2. The van der Waals surface area contributed by atoms with Gasteiger partial charge in [0.15, 0.2) is 5.96 Å². The van der Waals surface area contributed by atoms with Gasteiger partial charge in [-0.3, -0.25) is 0 Å². The van der Waals surface area contributed by atoms with E-state index in [0.29, 0.717) is 12.5 Å². The fourth-order valence-electron chi connectivity index (χ4n) is 2.71. The first-order chi connectivity index (χ1) is 11.1. The average Bonchev–Trinajstić information content (AvgIpc) is 2.51. The van der Waals surface area contributed by atoms with Crippen molar-refractivity contribution >= 4 is 5.96 Å². The third-order valence-corrected chi connectivity index (χ3v) is 4.04. The molecule has 0 saturated heterocycles. The van der Waals surface area contributed by atoms with Crippen molar-refractivity contribution < 1.29 is 5.11 Å². The summed E-state index contributed by atoms with van der Waals surface area (Å²) in [5.74, 6) is 1.35. The lowest BCUT2D eigenvalue weighted by Gasteiger charge is -2.18. The fraction of sp³-hybridized carbons (Fsp3) is 0.632. The van der Waals surface area contributed by atoms with Crippen LogP contribution < -0.4 is 10.6 Å². The Bertz CT molecular complexity index is 480. The van der Waals surface area contributed by atoms with Gasteiger partial charge in [0.2, 0.25) is 0 Å². The number of hydrogen-bond donors (Lipinski definition) is 3. The van der Waals surface area contributed by atoms with Gasteiger partial charge < -0.3 is 15.7 Å². The maximum Gasteiger partial charge on any atom is 0.191 e. The monoisotopic (exact) mass is 319 g/mol. The lowest BCUT2D eigenvalue weighted by Crippen LogP contribution is -2.40. The van der Waals surface area contributed by atoms with E-state index in [0.717, 1.165) is 38.3 Å². The van der Waals surface area contributed by atoms with Crippen LogP contribution in [0.1, 0.15) is 49.8 Å². The standard InChI is InChI=1S/C19H33N3O/c1-5-7-17(10-11-23)13-21-19(20-6-2)22-14-18-9-8-15(3)12-16(18)4/h8-9,12,17,23H,5-7,10-11,13-14H2,1-4H3,(H2,20,21,22). The summed E-state index contributed by atoms with van der Waals surface area (Å²) in [5, 5.41) is 15.9. The lowest BCUT2D eigenvalue weighted by atomic mass is 10.0. The van der Waals surface area contributed by atoms with Crippen LogP contribution in [0.4, 0.5) is 0 Å². The molecule has 0 heterocycles. The lowest BCUT2D eigenvalue weighted by molar-refractivity contribution is 0.251. The second-order valence-electron chi connectivity index (χ2n) is 6.17. The van der Waals surface area contributed by atoms with Crippen LogP contribution in [0, 0.1) is 19.8 Å². The van der Waals surface area contributed by atoms with E-state index in [4.69, 9.17) is 10.1 Å². The first kappa shape index (κ1) is 19.5. The molecule has 1 aromatic carbocycles. The van der Waals surface area contributed by atoms with Crippen molar-refractivity contribution in [2.24, 2.45) is 10.9 Å². The maximum atomic E-state index is 9.16. The Morgan fingerprint density at radius 2 is 1.96 bits per heavy atom. The van der Waals surface area contributed by atoms with Crippen LogP contribution in [0.2, 0.25) is 0 Å². The molecule has 0 amide bonds. The first-order valence-electron chi connectivity index (χ1n) is 8.79. The highest BCUT2D eigenvalue weighted by molar-refractivity contribution is 5.79. The van der Waals surface area contributed by atoms with E-state index in [1.807, 2.05) is 0 Å². The fourth-order valence-corrected chi connectivity index (χ4v) is 2.71. The molecule has 1 rings (SSSR count). The minimum Gasteiger partial charge on any atom is -0.396 e. The Hall–Kier alpha value is -1.55. The summed E-state index contributed by atoms with van der Waals surface area (Å²) in [6.45, 7) is 11.1. The number of aliphatic hydroxyl groups excluding tert-OH is 1. The summed E-state index contributed by atoms with van der Waals surface area (Å²) in [6, 6.07) is 6.49. The number of nitrogens with one attached hydrogen (secondary N) is 2. The van der Waals surface area contributed by atoms with Gasteiger partial charge in [0.25, 0.3) is 0 Å². The number of aryl methyl sites for hydroxylation is 2. The number of rotatable bonds is 9. The largest absolute Gasteiger partial charge is 0.396 e. The van der Waals surface area contributed by atoms with Gasteiger partial charge in [0, 0.05) is 19.7 Å². The zero-order valence-corrected chi connectivity index (χ0v) is 15.2. The van der Waals surface area contributed by atoms with Gasteiger partial charge in [0.05, 0.1) is 6.54 Å². The van der Waals surface area contributed by atoms with E-state index in [1.54, 1.807) is 0 Å². The Labute approximate surface area is 141 Å². The second kappa shape index (κ2) is 11.1. The molecule has 0 radical (unpaired) electrons. The Kier molecular flexibility index (Phi) is 9.37. The van der Waals surface area contributed by atoms with E-state index < -0.39 is 0 Å². The van der Waals surface area contributed by atoms with Gasteiger partial charge in [0.1, 0.15) is 0 Å². The summed E-state index contributed by atoms with van der Waals surface area (Å²) in [5.41, 5.74) is 3.83. The molecule has 0 aliphatic carbocycles.